The third-order valence-corrected chi connectivity index (χ3v) is 3.88. The Kier molecular flexibility index (Phi) is 4.11. The van der Waals surface area contributed by atoms with Crippen LogP contribution in [0.4, 0.5) is 11.4 Å². The number of aromatic nitrogens is 2. The fraction of sp³-hybridized carbons (Fsp3) is 0.267. The zero-order chi connectivity index (χ0) is 15.5. The molecule has 7 heteroatoms. The lowest BCUT2D eigenvalue weighted by Gasteiger charge is -2.21. The summed E-state index contributed by atoms with van der Waals surface area (Å²) >= 11 is 5.93. The minimum absolute atomic E-state index is 0.166. The maximum Gasteiger partial charge on any atom is 0.335 e. The lowest BCUT2D eigenvalue weighted by atomic mass is 9.89. The molecule has 112 valence electrons. The normalized spacial score (nSPS) is 13.3. The van der Waals surface area contributed by atoms with Crippen molar-refractivity contribution in [3.8, 4) is 0 Å². The zero-order valence-corrected chi connectivity index (χ0v) is 12.4. The summed E-state index contributed by atoms with van der Waals surface area (Å²) in [4.78, 5) is 30.3. The largest absolute Gasteiger partial charge is 0.353 e. The van der Waals surface area contributed by atoms with E-state index >= 15 is 0 Å². The van der Waals surface area contributed by atoms with Crippen molar-refractivity contribution in [3.63, 3.8) is 0 Å². The average molecular weight is 317 g/mol. The Bertz CT molecular complexity index is 748. The number of nitroso groups, excluding NO2 is 1. The van der Waals surface area contributed by atoms with Gasteiger partial charge in [-0.25, -0.2) is 4.98 Å². The lowest BCUT2D eigenvalue weighted by Crippen LogP contribution is -2.14. The quantitative estimate of drug-likeness (QED) is 0.873. The molecule has 1 amide bonds. The third kappa shape index (κ3) is 2.82. The number of nitrogens with one attached hydrogen (secondary N) is 1. The summed E-state index contributed by atoms with van der Waals surface area (Å²) in [5, 5.41) is 6.25. The number of pyridine rings is 2. The molecule has 0 bridgehead atoms. The Hall–Kier alpha value is -2.34. The van der Waals surface area contributed by atoms with Crippen molar-refractivity contribution in [2.45, 2.75) is 25.7 Å². The van der Waals surface area contributed by atoms with Crippen LogP contribution in [0.15, 0.2) is 29.8 Å². The topological polar surface area (TPSA) is 84.3 Å². The van der Waals surface area contributed by atoms with Gasteiger partial charge in [-0.3, -0.25) is 9.78 Å². The molecule has 2 aromatic heterocycles. The molecule has 0 spiro atoms. The van der Waals surface area contributed by atoms with Crippen LogP contribution in [0.5, 0.6) is 0 Å². The summed E-state index contributed by atoms with van der Waals surface area (Å²) in [6.07, 6.45) is 8.32. The molecule has 1 N–H and O–H groups in total. The highest BCUT2D eigenvalue weighted by atomic mass is 35.5. The summed E-state index contributed by atoms with van der Waals surface area (Å²) in [5.74, 6) is -0.811. The molecule has 0 radical (unpaired) electrons. The Balaban J connectivity index is 2.02. The van der Waals surface area contributed by atoms with Crippen molar-refractivity contribution in [3.05, 3.63) is 51.4 Å². The molecule has 2 aromatic rings. The average Bonchev–Trinajstić information content (AvgIpc) is 2.54. The molecule has 0 atom stereocenters. The summed E-state index contributed by atoms with van der Waals surface area (Å²) in [7, 11) is 0. The number of carbonyl (C=O) groups excluding carboxylic acids is 1. The van der Waals surface area contributed by atoms with Crippen molar-refractivity contribution in [2.75, 3.05) is 5.32 Å². The number of nitrogens with zero attached hydrogens (tertiary/aromatic N) is 3. The molecule has 3 rings (SSSR count). The first-order valence-electron chi connectivity index (χ1n) is 6.95. The Morgan fingerprint density at radius 2 is 1.95 bits per heavy atom. The minimum Gasteiger partial charge on any atom is -0.353 e. The van der Waals surface area contributed by atoms with Crippen LogP contribution in [0.1, 0.15) is 34.5 Å². The van der Waals surface area contributed by atoms with Gasteiger partial charge in [0, 0.05) is 11.4 Å². The predicted molar refractivity (Wildman–Crippen MR) is 83.5 cm³/mol. The number of hydrogen-bond donors (Lipinski definition) is 1. The lowest BCUT2D eigenvalue weighted by molar-refractivity contribution is 0.0995. The Labute approximate surface area is 131 Å². The molecule has 0 saturated carbocycles. The van der Waals surface area contributed by atoms with E-state index in [1.54, 1.807) is 24.7 Å². The molecule has 1 aliphatic rings. The highest BCUT2D eigenvalue weighted by molar-refractivity contribution is 6.30. The van der Waals surface area contributed by atoms with E-state index < -0.39 is 5.91 Å². The van der Waals surface area contributed by atoms with Crippen molar-refractivity contribution in [2.24, 2.45) is 5.18 Å². The maximum absolute atomic E-state index is 11.6. The van der Waals surface area contributed by atoms with Crippen LogP contribution in [-0.2, 0) is 12.8 Å². The van der Waals surface area contributed by atoms with E-state index in [1.807, 2.05) is 0 Å². The second-order valence-corrected chi connectivity index (χ2v) is 5.53. The van der Waals surface area contributed by atoms with Gasteiger partial charge >= 0.3 is 5.91 Å². The molecule has 22 heavy (non-hydrogen) atoms. The van der Waals surface area contributed by atoms with Gasteiger partial charge in [-0.15, -0.1) is 4.91 Å². The number of carbonyl (C=O) groups is 1. The molecule has 6 nitrogen and oxygen atoms in total. The van der Waals surface area contributed by atoms with Crippen LogP contribution in [-0.4, -0.2) is 15.9 Å². The number of rotatable bonds is 3. The number of amides is 1. The van der Waals surface area contributed by atoms with Gasteiger partial charge in [-0.2, -0.15) is 0 Å². The highest BCUT2D eigenvalue weighted by Gasteiger charge is 2.22. The summed E-state index contributed by atoms with van der Waals surface area (Å²) in [5.41, 5.74) is 3.54. The summed E-state index contributed by atoms with van der Waals surface area (Å²) < 4.78 is 0. The number of halogens is 1. The van der Waals surface area contributed by atoms with E-state index in [2.05, 4.69) is 20.5 Å². The van der Waals surface area contributed by atoms with E-state index in [4.69, 9.17) is 11.6 Å². The van der Waals surface area contributed by atoms with Crippen LogP contribution in [0.25, 0.3) is 0 Å². The van der Waals surface area contributed by atoms with Crippen molar-refractivity contribution < 1.29 is 4.79 Å². The van der Waals surface area contributed by atoms with Gasteiger partial charge in [-0.05, 0) is 42.9 Å². The molecule has 1 aliphatic carbocycles. The van der Waals surface area contributed by atoms with Crippen molar-refractivity contribution >= 4 is 28.9 Å². The fourth-order valence-corrected chi connectivity index (χ4v) is 2.89. The van der Waals surface area contributed by atoms with Gasteiger partial charge in [0.25, 0.3) is 0 Å². The molecule has 0 unspecified atom stereocenters. The van der Waals surface area contributed by atoms with Gasteiger partial charge in [0.15, 0.2) is 0 Å². The highest BCUT2D eigenvalue weighted by Crippen LogP contribution is 2.31. The van der Waals surface area contributed by atoms with Gasteiger partial charge in [0.1, 0.15) is 5.69 Å². The monoisotopic (exact) mass is 316 g/mol. The first-order chi connectivity index (χ1) is 10.7. The van der Waals surface area contributed by atoms with E-state index in [0.29, 0.717) is 5.02 Å². The second-order valence-electron chi connectivity index (χ2n) is 5.10. The molecular weight excluding hydrogens is 304 g/mol. The standard InChI is InChI=1S/C15H13ClN4O2/c16-9-5-10(7-17-6-9)19-13-8-18-14(15(21)20-22)12-4-2-1-3-11(12)13/h5-8,19H,1-4H2. The van der Waals surface area contributed by atoms with Gasteiger partial charge < -0.3 is 5.32 Å². The Morgan fingerprint density at radius 1 is 1.18 bits per heavy atom. The molecule has 0 fully saturated rings. The van der Waals surface area contributed by atoms with Crippen molar-refractivity contribution in [1.82, 2.24) is 9.97 Å². The fourth-order valence-electron chi connectivity index (χ4n) is 2.72. The zero-order valence-electron chi connectivity index (χ0n) is 11.7. The first kappa shape index (κ1) is 14.6. The third-order valence-electron chi connectivity index (χ3n) is 3.67. The first-order valence-corrected chi connectivity index (χ1v) is 7.33. The molecular formula is C15H13ClN4O2. The van der Waals surface area contributed by atoms with Gasteiger partial charge in [0.05, 0.1) is 28.8 Å². The maximum atomic E-state index is 11.6. The van der Waals surface area contributed by atoms with Crippen LogP contribution in [0.3, 0.4) is 0 Å². The van der Waals surface area contributed by atoms with Gasteiger partial charge in [0.2, 0.25) is 0 Å². The predicted octanol–water partition coefficient (Wildman–Crippen LogP) is 3.66. The van der Waals surface area contributed by atoms with E-state index in [9.17, 15) is 9.70 Å². The second kappa shape index (κ2) is 6.19. The molecule has 0 aliphatic heterocycles. The van der Waals surface area contributed by atoms with Crippen molar-refractivity contribution in [1.29, 1.82) is 0 Å². The number of hydrogen-bond acceptors (Lipinski definition) is 5. The SMILES string of the molecule is O=NC(=O)c1ncc(Nc2cncc(Cl)c2)c2c1CCCC2. The number of fused-ring (bicyclic) bond motifs is 1. The van der Waals surface area contributed by atoms with Crippen LogP contribution in [0.2, 0.25) is 5.02 Å². The van der Waals surface area contributed by atoms with Crippen LogP contribution >= 0.6 is 11.6 Å². The van der Waals surface area contributed by atoms with Crippen LogP contribution < -0.4 is 5.32 Å². The van der Waals surface area contributed by atoms with Crippen LogP contribution in [0, 0.1) is 4.91 Å². The molecule has 0 aromatic carbocycles. The summed E-state index contributed by atoms with van der Waals surface area (Å²) in [6.45, 7) is 0. The van der Waals surface area contributed by atoms with Gasteiger partial charge in [-0.1, -0.05) is 11.6 Å². The van der Waals surface area contributed by atoms with E-state index in [0.717, 1.165) is 48.2 Å². The summed E-state index contributed by atoms with van der Waals surface area (Å²) in [6, 6.07) is 1.76. The smallest absolute Gasteiger partial charge is 0.335 e. The Morgan fingerprint density at radius 3 is 2.68 bits per heavy atom. The molecule has 0 saturated heterocycles. The number of anilines is 2. The molecule has 2 heterocycles. The van der Waals surface area contributed by atoms with E-state index in [1.165, 1.54) is 0 Å². The van der Waals surface area contributed by atoms with E-state index in [-0.39, 0.29) is 5.69 Å². The minimum atomic E-state index is -0.811.